The van der Waals surface area contributed by atoms with Gasteiger partial charge in [0.1, 0.15) is 11.3 Å². The summed E-state index contributed by atoms with van der Waals surface area (Å²) >= 11 is 0. The topological polar surface area (TPSA) is 52.7 Å². The normalized spacial score (nSPS) is 17.0. The molecule has 0 amide bonds. The van der Waals surface area contributed by atoms with Crippen molar-refractivity contribution in [3.05, 3.63) is 59.4 Å². The Labute approximate surface area is 151 Å². The van der Waals surface area contributed by atoms with E-state index in [2.05, 4.69) is 14.8 Å². The van der Waals surface area contributed by atoms with Gasteiger partial charge in [0.2, 0.25) is 0 Å². The number of nitrogens with zero attached hydrogens (tertiary/aromatic N) is 3. The smallest absolute Gasteiger partial charge is 0.298 e. The summed E-state index contributed by atoms with van der Waals surface area (Å²) in [5.41, 5.74) is 3.17. The lowest BCUT2D eigenvalue weighted by molar-refractivity contribution is 0.106. The number of rotatable bonds is 4. The lowest BCUT2D eigenvalue weighted by Gasteiger charge is -2.34. The van der Waals surface area contributed by atoms with Gasteiger partial charge in [0.25, 0.3) is 6.01 Å². The summed E-state index contributed by atoms with van der Waals surface area (Å²) in [6.45, 7) is 5.51. The monoisotopic (exact) mass is 355 g/mol. The molecule has 0 aliphatic carbocycles. The minimum atomic E-state index is -0.824. The number of aliphatic hydroxyl groups excluding tert-OH is 1. The van der Waals surface area contributed by atoms with Crippen molar-refractivity contribution in [1.82, 2.24) is 9.88 Å². The van der Waals surface area contributed by atoms with Crippen LogP contribution < -0.4 is 4.90 Å². The fourth-order valence-corrected chi connectivity index (χ4v) is 3.37. The highest BCUT2D eigenvalue weighted by atomic mass is 19.1. The highest BCUT2D eigenvalue weighted by molar-refractivity contribution is 5.75. The first-order valence-electron chi connectivity index (χ1n) is 8.87. The van der Waals surface area contributed by atoms with Gasteiger partial charge in [-0.1, -0.05) is 24.3 Å². The summed E-state index contributed by atoms with van der Waals surface area (Å²) in [6.07, 6.45) is -0.824. The highest BCUT2D eigenvalue weighted by Gasteiger charge is 2.23. The number of hydrogen-bond acceptors (Lipinski definition) is 5. The number of halogens is 1. The van der Waals surface area contributed by atoms with Gasteiger partial charge in [-0.2, -0.15) is 4.98 Å². The number of anilines is 1. The second kappa shape index (κ2) is 7.05. The van der Waals surface area contributed by atoms with Gasteiger partial charge in [0.15, 0.2) is 5.58 Å². The summed E-state index contributed by atoms with van der Waals surface area (Å²) in [7, 11) is 0. The van der Waals surface area contributed by atoms with E-state index >= 15 is 0 Å². The predicted octanol–water partition coefficient (Wildman–Crippen LogP) is 3.13. The van der Waals surface area contributed by atoms with Gasteiger partial charge in [0.05, 0.1) is 6.10 Å². The van der Waals surface area contributed by atoms with E-state index in [0.29, 0.717) is 18.1 Å². The molecule has 0 bridgehead atoms. The van der Waals surface area contributed by atoms with Gasteiger partial charge in [0, 0.05) is 38.3 Å². The van der Waals surface area contributed by atoms with Gasteiger partial charge in [-0.25, -0.2) is 4.39 Å². The number of fused-ring (bicyclic) bond motifs is 1. The van der Waals surface area contributed by atoms with Crippen LogP contribution in [0, 0.1) is 12.7 Å². The van der Waals surface area contributed by atoms with Crippen molar-refractivity contribution in [2.75, 3.05) is 37.6 Å². The third-order valence-electron chi connectivity index (χ3n) is 4.87. The number of piperazine rings is 1. The van der Waals surface area contributed by atoms with Crippen LogP contribution >= 0.6 is 0 Å². The number of aryl methyl sites for hydroxylation is 1. The minimum Gasteiger partial charge on any atom is -0.423 e. The molecule has 2 heterocycles. The van der Waals surface area contributed by atoms with E-state index in [-0.39, 0.29) is 5.82 Å². The van der Waals surface area contributed by atoms with E-state index in [1.165, 1.54) is 6.07 Å². The van der Waals surface area contributed by atoms with Gasteiger partial charge in [-0.05, 0) is 30.7 Å². The molecule has 3 aromatic rings. The molecule has 5 nitrogen and oxygen atoms in total. The third kappa shape index (κ3) is 3.43. The maximum atomic E-state index is 13.8. The van der Waals surface area contributed by atoms with E-state index in [4.69, 9.17) is 4.42 Å². The van der Waals surface area contributed by atoms with Crippen molar-refractivity contribution in [3.63, 3.8) is 0 Å². The lowest BCUT2D eigenvalue weighted by Crippen LogP contribution is -2.47. The first kappa shape index (κ1) is 17.0. The zero-order chi connectivity index (χ0) is 18.1. The Morgan fingerprint density at radius 1 is 1.15 bits per heavy atom. The molecular weight excluding hydrogens is 333 g/mol. The van der Waals surface area contributed by atoms with Gasteiger partial charge < -0.3 is 14.4 Å². The summed E-state index contributed by atoms with van der Waals surface area (Å²) in [4.78, 5) is 8.84. The zero-order valence-corrected chi connectivity index (χ0v) is 14.7. The number of hydrogen-bond donors (Lipinski definition) is 1. The Bertz CT molecular complexity index is 903. The molecule has 6 heteroatoms. The second-order valence-electron chi connectivity index (χ2n) is 6.79. The van der Waals surface area contributed by atoms with Crippen molar-refractivity contribution in [2.24, 2.45) is 0 Å². The molecule has 0 saturated carbocycles. The SMILES string of the molecule is Cc1ccc2oc(N3CCN(CC(O)c4ccccc4F)CC3)nc2c1. The lowest BCUT2D eigenvalue weighted by atomic mass is 10.1. The zero-order valence-electron chi connectivity index (χ0n) is 14.7. The molecule has 26 heavy (non-hydrogen) atoms. The van der Waals surface area contributed by atoms with Crippen molar-refractivity contribution in [1.29, 1.82) is 0 Å². The Kier molecular flexibility index (Phi) is 4.61. The fourth-order valence-electron chi connectivity index (χ4n) is 3.37. The maximum Gasteiger partial charge on any atom is 0.298 e. The van der Waals surface area contributed by atoms with Gasteiger partial charge in [-0.3, -0.25) is 4.90 Å². The van der Waals surface area contributed by atoms with E-state index < -0.39 is 6.10 Å². The first-order chi connectivity index (χ1) is 12.6. The average molecular weight is 355 g/mol. The van der Waals surface area contributed by atoms with Crippen LogP contribution in [0.3, 0.4) is 0 Å². The number of benzene rings is 2. The van der Waals surface area contributed by atoms with E-state index in [9.17, 15) is 9.50 Å². The van der Waals surface area contributed by atoms with E-state index in [1.807, 2.05) is 25.1 Å². The van der Waals surface area contributed by atoms with Crippen LogP contribution in [-0.2, 0) is 0 Å². The van der Waals surface area contributed by atoms with Crippen molar-refractivity contribution >= 4 is 17.1 Å². The Morgan fingerprint density at radius 2 is 1.92 bits per heavy atom. The van der Waals surface area contributed by atoms with Crippen LogP contribution in [0.1, 0.15) is 17.2 Å². The molecular formula is C20H22FN3O2. The standard InChI is InChI=1S/C20H22FN3O2/c1-14-6-7-19-17(12-14)22-20(26-19)24-10-8-23(9-11-24)13-18(25)15-4-2-3-5-16(15)21/h2-7,12,18,25H,8-11,13H2,1H3. The maximum absolute atomic E-state index is 13.8. The van der Waals surface area contributed by atoms with Crippen LogP contribution in [0.2, 0.25) is 0 Å². The number of aliphatic hydroxyl groups is 1. The van der Waals surface area contributed by atoms with Crippen LogP contribution in [-0.4, -0.2) is 47.7 Å². The molecule has 136 valence electrons. The molecule has 1 saturated heterocycles. The molecule has 4 rings (SSSR count). The summed E-state index contributed by atoms with van der Waals surface area (Å²) < 4.78 is 19.7. The number of aromatic nitrogens is 1. The largest absolute Gasteiger partial charge is 0.423 e. The minimum absolute atomic E-state index is 0.351. The van der Waals surface area contributed by atoms with Crippen LogP contribution in [0.15, 0.2) is 46.9 Å². The van der Waals surface area contributed by atoms with Gasteiger partial charge >= 0.3 is 0 Å². The molecule has 1 aliphatic heterocycles. The fraction of sp³-hybridized carbons (Fsp3) is 0.350. The van der Waals surface area contributed by atoms with Crippen molar-refractivity contribution in [3.8, 4) is 0 Å². The van der Waals surface area contributed by atoms with Crippen LogP contribution in [0.25, 0.3) is 11.1 Å². The first-order valence-corrected chi connectivity index (χ1v) is 8.87. The van der Waals surface area contributed by atoms with Crippen molar-refractivity contribution < 1.29 is 13.9 Å². The van der Waals surface area contributed by atoms with E-state index in [0.717, 1.165) is 42.8 Å². The average Bonchev–Trinajstić information content (AvgIpc) is 3.05. The van der Waals surface area contributed by atoms with Crippen molar-refractivity contribution in [2.45, 2.75) is 13.0 Å². The van der Waals surface area contributed by atoms with Crippen LogP contribution in [0.4, 0.5) is 10.4 Å². The third-order valence-corrected chi connectivity index (χ3v) is 4.87. The second-order valence-corrected chi connectivity index (χ2v) is 6.79. The molecule has 2 aromatic carbocycles. The molecule has 1 atom stereocenters. The molecule has 1 aliphatic rings. The van der Waals surface area contributed by atoms with E-state index in [1.54, 1.807) is 18.2 Å². The molecule has 1 N–H and O–H groups in total. The Morgan fingerprint density at radius 3 is 2.69 bits per heavy atom. The number of β-amino-alcohol motifs (C(OH)–C–C–N with tert-alkyl or cyclic N) is 1. The Hall–Kier alpha value is -2.44. The Balaban J connectivity index is 1.38. The predicted molar refractivity (Wildman–Crippen MR) is 98.8 cm³/mol. The number of oxazole rings is 1. The van der Waals surface area contributed by atoms with Gasteiger partial charge in [-0.15, -0.1) is 0 Å². The molecule has 0 spiro atoms. The highest BCUT2D eigenvalue weighted by Crippen LogP contribution is 2.24. The molecule has 1 fully saturated rings. The summed E-state index contributed by atoms with van der Waals surface area (Å²) in [5, 5.41) is 10.3. The van der Waals surface area contributed by atoms with Crippen LogP contribution in [0.5, 0.6) is 0 Å². The quantitative estimate of drug-likeness (QED) is 0.779. The molecule has 0 radical (unpaired) electrons. The molecule has 1 aromatic heterocycles. The summed E-state index contributed by atoms with van der Waals surface area (Å²) in [6, 6.07) is 13.0. The molecule has 1 unspecified atom stereocenters. The summed E-state index contributed by atoms with van der Waals surface area (Å²) in [5.74, 6) is -0.361.